The minimum absolute atomic E-state index is 0.366. The second-order valence-electron chi connectivity index (χ2n) is 5.20. The third-order valence-corrected chi connectivity index (χ3v) is 3.18. The molecule has 1 aliphatic rings. The van der Waals surface area contributed by atoms with Gasteiger partial charge in [0.25, 0.3) is 0 Å². The van der Waals surface area contributed by atoms with E-state index in [1.807, 2.05) is 13.8 Å². The highest BCUT2D eigenvalue weighted by Gasteiger charge is 2.40. The lowest BCUT2D eigenvalue weighted by Crippen LogP contribution is -2.43. The lowest BCUT2D eigenvalue weighted by molar-refractivity contribution is -0.148. The van der Waals surface area contributed by atoms with Crippen molar-refractivity contribution >= 4 is 0 Å². The molecule has 1 N–H and O–H groups in total. The second-order valence-corrected chi connectivity index (χ2v) is 5.20. The number of rotatable bonds is 1. The summed E-state index contributed by atoms with van der Waals surface area (Å²) in [6.07, 6.45) is 0.757. The molecule has 1 aliphatic heterocycles. The van der Waals surface area contributed by atoms with Gasteiger partial charge in [-0.05, 0) is 31.5 Å². The number of hydrogen-bond acceptors (Lipinski definition) is 2. The molecule has 2 rings (SSSR count). The maximum atomic E-state index is 13.2. The molecule has 1 aromatic rings. The van der Waals surface area contributed by atoms with Crippen LogP contribution in [-0.2, 0) is 10.3 Å². The lowest BCUT2D eigenvalue weighted by atomic mass is 9.79. The highest BCUT2D eigenvalue weighted by atomic mass is 19.2. The Morgan fingerprint density at radius 1 is 1.24 bits per heavy atom. The molecule has 0 aliphatic carbocycles. The zero-order valence-electron chi connectivity index (χ0n) is 9.96. The van der Waals surface area contributed by atoms with E-state index in [1.165, 1.54) is 6.07 Å². The first-order valence-corrected chi connectivity index (χ1v) is 5.64. The van der Waals surface area contributed by atoms with Crippen LogP contribution in [0.3, 0.4) is 0 Å². The van der Waals surface area contributed by atoms with Crippen LogP contribution < -0.4 is 0 Å². The molecule has 0 saturated carbocycles. The van der Waals surface area contributed by atoms with Gasteiger partial charge in [0.2, 0.25) is 0 Å². The quantitative estimate of drug-likeness (QED) is 0.820. The first-order valence-electron chi connectivity index (χ1n) is 5.64. The Labute approximate surface area is 99.2 Å². The molecule has 1 aromatic carbocycles. The largest absolute Gasteiger partial charge is 0.385 e. The van der Waals surface area contributed by atoms with Gasteiger partial charge in [-0.25, -0.2) is 8.78 Å². The summed E-state index contributed by atoms with van der Waals surface area (Å²) in [5.41, 5.74) is -1.19. The Balaban J connectivity index is 2.34. The molecule has 0 amide bonds. The van der Waals surface area contributed by atoms with Gasteiger partial charge < -0.3 is 9.84 Å². The van der Waals surface area contributed by atoms with E-state index in [0.29, 0.717) is 25.0 Å². The van der Waals surface area contributed by atoms with Crippen LogP contribution >= 0.6 is 0 Å². The molecule has 1 saturated heterocycles. The van der Waals surface area contributed by atoms with Gasteiger partial charge in [0, 0.05) is 12.8 Å². The molecule has 17 heavy (non-hydrogen) atoms. The van der Waals surface area contributed by atoms with Crippen molar-refractivity contribution < 1.29 is 18.6 Å². The van der Waals surface area contributed by atoms with E-state index in [4.69, 9.17) is 4.74 Å². The van der Waals surface area contributed by atoms with Crippen molar-refractivity contribution in [3.05, 3.63) is 35.4 Å². The van der Waals surface area contributed by atoms with E-state index in [0.717, 1.165) is 12.1 Å². The van der Waals surface area contributed by atoms with Crippen molar-refractivity contribution in [2.45, 2.75) is 37.9 Å². The SMILES string of the molecule is CC1(C)CC(O)(c2ccc(F)c(F)c2)CCO1. The predicted octanol–water partition coefficient (Wildman–Crippen LogP) is 2.74. The molecule has 4 heteroatoms. The Kier molecular flexibility index (Phi) is 2.96. The molecular formula is C13H16F2O2. The molecule has 0 spiro atoms. The molecule has 1 fully saturated rings. The van der Waals surface area contributed by atoms with Gasteiger partial charge >= 0.3 is 0 Å². The van der Waals surface area contributed by atoms with E-state index in [2.05, 4.69) is 0 Å². The summed E-state index contributed by atoms with van der Waals surface area (Å²) >= 11 is 0. The number of aliphatic hydroxyl groups is 1. The van der Waals surface area contributed by atoms with Crippen molar-refractivity contribution in [1.29, 1.82) is 0 Å². The summed E-state index contributed by atoms with van der Waals surface area (Å²) in [5, 5.41) is 10.5. The summed E-state index contributed by atoms with van der Waals surface area (Å²) in [7, 11) is 0. The summed E-state index contributed by atoms with van der Waals surface area (Å²) in [4.78, 5) is 0. The molecule has 0 aromatic heterocycles. The molecule has 1 heterocycles. The van der Waals surface area contributed by atoms with Gasteiger partial charge in [0.15, 0.2) is 11.6 Å². The van der Waals surface area contributed by atoms with E-state index in [-0.39, 0.29) is 0 Å². The fourth-order valence-electron chi connectivity index (χ4n) is 2.37. The predicted molar refractivity (Wildman–Crippen MR) is 59.5 cm³/mol. The molecule has 1 atom stereocenters. The van der Waals surface area contributed by atoms with Crippen molar-refractivity contribution in [3.8, 4) is 0 Å². The van der Waals surface area contributed by atoms with Crippen LogP contribution in [0.4, 0.5) is 8.78 Å². The normalized spacial score (nSPS) is 28.1. The fourth-order valence-corrected chi connectivity index (χ4v) is 2.37. The Morgan fingerprint density at radius 2 is 1.94 bits per heavy atom. The van der Waals surface area contributed by atoms with Crippen LogP contribution in [0, 0.1) is 11.6 Å². The smallest absolute Gasteiger partial charge is 0.159 e. The standard InChI is InChI=1S/C13H16F2O2/c1-12(2)8-13(16,5-6-17-12)9-3-4-10(14)11(15)7-9/h3-4,7,16H,5-6,8H2,1-2H3. The van der Waals surface area contributed by atoms with Crippen molar-refractivity contribution in [2.75, 3.05) is 6.61 Å². The van der Waals surface area contributed by atoms with E-state index in [9.17, 15) is 13.9 Å². The van der Waals surface area contributed by atoms with Crippen LogP contribution in [0.15, 0.2) is 18.2 Å². The monoisotopic (exact) mass is 242 g/mol. The molecule has 1 unspecified atom stereocenters. The van der Waals surface area contributed by atoms with Crippen LogP contribution in [0.1, 0.15) is 32.3 Å². The number of benzene rings is 1. The third kappa shape index (κ3) is 2.48. The summed E-state index contributed by atoms with van der Waals surface area (Å²) in [6, 6.07) is 3.54. The Morgan fingerprint density at radius 3 is 2.53 bits per heavy atom. The third-order valence-electron chi connectivity index (χ3n) is 3.18. The van der Waals surface area contributed by atoms with Gasteiger partial charge in [-0.2, -0.15) is 0 Å². The van der Waals surface area contributed by atoms with Gasteiger partial charge in [0.1, 0.15) is 0 Å². The highest BCUT2D eigenvalue weighted by Crippen LogP contribution is 2.39. The lowest BCUT2D eigenvalue weighted by Gasteiger charge is -2.41. The van der Waals surface area contributed by atoms with Crippen LogP contribution in [0.2, 0.25) is 0 Å². The Hall–Kier alpha value is -1.00. The van der Waals surface area contributed by atoms with Crippen molar-refractivity contribution in [1.82, 2.24) is 0 Å². The van der Waals surface area contributed by atoms with Crippen LogP contribution in [0.5, 0.6) is 0 Å². The maximum absolute atomic E-state index is 13.2. The van der Waals surface area contributed by atoms with E-state index < -0.39 is 22.8 Å². The molecule has 0 radical (unpaired) electrons. The maximum Gasteiger partial charge on any atom is 0.159 e. The number of ether oxygens (including phenoxy) is 1. The first kappa shape index (κ1) is 12.5. The first-order chi connectivity index (χ1) is 7.82. The van der Waals surface area contributed by atoms with Gasteiger partial charge in [-0.1, -0.05) is 6.07 Å². The van der Waals surface area contributed by atoms with Gasteiger partial charge in [-0.3, -0.25) is 0 Å². The summed E-state index contributed by atoms with van der Waals surface area (Å²) < 4.78 is 31.5. The van der Waals surface area contributed by atoms with E-state index >= 15 is 0 Å². The fraction of sp³-hybridized carbons (Fsp3) is 0.538. The van der Waals surface area contributed by atoms with Crippen LogP contribution in [0.25, 0.3) is 0 Å². The zero-order chi connectivity index (χ0) is 12.7. The minimum Gasteiger partial charge on any atom is -0.385 e. The van der Waals surface area contributed by atoms with Crippen molar-refractivity contribution in [2.24, 2.45) is 0 Å². The zero-order valence-corrected chi connectivity index (χ0v) is 9.96. The second kappa shape index (κ2) is 4.03. The minimum atomic E-state index is -1.14. The summed E-state index contributed by atoms with van der Waals surface area (Å²) in [6.45, 7) is 4.15. The summed E-state index contributed by atoms with van der Waals surface area (Å²) in [5.74, 6) is -1.83. The number of hydrogen-bond donors (Lipinski definition) is 1. The topological polar surface area (TPSA) is 29.5 Å². The molecule has 2 nitrogen and oxygen atoms in total. The van der Waals surface area contributed by atoms with Crippen molar-refractivity contribution in [3.63, 3.8) is 0 Å². The van der Waals surface area contributed by atoms with Gasteiger partial charge in [-0.15, -0.1) is 0 Å². The molecular weight excluding hydrogens is 226 g/mol. The average molecular weight is 242 g/mol. The van der Waals surface area contributed by atoms with Crippen LogP contribution in [-0.4, -0.2) is 17.3 Å². The Bertz CT molecular complexity index is 431. The number of halogens is 2. The highest BCUT2D eigenvalue weighted by molar-refractivity contribution is 5.25. The molecule has 94 valence electrons. The van der Waals surface area contributed by atoms with Gasteiger partial charge in [0.05, 0.1) is 17.8 Å². The average Bonchev–Trinajstić information content (AvgIpc) is 2.20. The van der Waals surface area contributed by atoms with E-state index in [1.54, 1.807) is 0 Å². The molecule has 0 bridgehead atoms.